The van der Waals surface area contributed by atoms with E-state index in [0.29, 0.717) is 0 Å². The van der Waals surface area contributed by atoms with Crippen LogP contribution in [0.3, 0.4) is 0 Å². The van der Waals surface area contributed by atoms with Crippen molar-refractivity contribution in [3.63, 3.8) is 0 Å². The van der Waals surface area contributed by atoms with Crippen LogP contribution in [0.4, 0.5) is 0 Å². The molecule has 0 aromatic carbocycles. The Hall–Kier alpha value is -0.900. The summed E-state index contributed by atoms with van der Waals surface area (Å²) in [7, 11) is 0. The van der Waals surface area contributed by atoms with Crippen LogP contribution < -0.4 is 5.32 Å². The quantitative estimate of drug-likeness (QED) is 0.696. The predicted octanol–water partition coefficient (Wildman–Crippen LogP) is 1.67. The summed E-state index contributed by atoms with van der Waals surface area (Å²) in [5.41, 5.74) is 0. The molecule has 0 aliphatic heterocycles. The molecule has 0 bridgehead atoms. The van der Waals surface area contributed by atoms with Crippen LogP contribution in [0.15, 0.2) is 0 Å². The lowest BCUT2D eigenvalue weighted by atomic mass is 10.2. The summed E-state index contributed by atoms with van der Waals surface area (Å²) in [5.74, 6) is 1.86. The topological polar surface area (TPSA) is 42.7 Å². The largest absolute Gasteiger partial charge is 0.315 e. The minimum atomic E-state index is 0.860. The van der Waals surface area contributed by atoms with Gasteiger partial charge in [-0.05, 0) is 26.8 Å². The van der Waals surface area contributed by atoms with Gasteiger partial charge in [0.2, 0.25) is 0 Å². The average Bonchev–Trinajstić information content (AvgIpc) is 2.51. The molecule has 0 atom stereocenters. The van der Waals surface area contributed by atoms with E-state index in [2.05, 4.69) is 22.3 Å². The van der Waals surface area contributed by atoms with Gasteiger partial charge in [0.15, 0.2) is 0 Å². The van der Waals surface area contributed by atoms with E-state index < -0.39 is 0 Å². The second-order valence-electron chi connectivity index (χ2n) is 3.89. The van der Waals surface area contributed by atoms with Crippen molar-refractivity contribution in [3.05, 3.63) is 11.6 Å². The monoisotopic (exact) mass is 210 g/mol. The summed E-state index contributed by atoms with van der Waals surface area (Å²) < 4.78 is 1.96. The molecule has 0 aliphatic rings. The van der Waals surface area contributed by atoms with E-state index in [0.717, 1.165) is 31.3 Å². The number of unbranched alkanes of at least 4 members (excludes halogenated alkanes) is 2. The first kappa shape index (κ1) is 12.2. The van der Waals surface area contributed by atoms with Gasteiger partial charge in [0.25, 0.3) is 0 Å². The molecule has 1 N–H and O–H groups in total. The van der Waals surface area contributed by atoms with Crippen LogP contribution in [0.2, 0.25) is 0 Å². The van der Waals surface area contributed by atoms with Crippen LogP contribution in [0.1, 0.15) is 37.8 Å². The summed E-state index contributed by atoms with van der Waals surface area (Å²) in [6, 6.07) is 0. The van der Waals surface area contributed by atoms with Gasteiger partial charge in [-0.1, -0.05) is 19.8 Å². The molecule has 0 radical (unpaired) electrons. The minimum absolute atomic E-state index is 0.860. The first-order chi connectivity index (χ1) is 7.24. The third-order valence-corrected chi connectivity index (χ3v) is 2.42. The normalized spacial score (nSPS) is 10.9. The molecule has 0 saturated heterocycles. The number of hydrogen-bond acceptors (Lipinski definition) is 3. The molecule has 1 rings (SSSR count). The predicted molar refractivity (Wildman–Crippen MR) is 61.9 cm³/mol. The first-order valence-corrected chi connectivity index (χ1v) is 5.82. The molecule has 1 heterocycles. The number of aryl methyl sites for hydroxylation is 2. The Bertz CT molecular complexity index is 280. The van der Waals surface area contributed by atoms with Crippen LogP contribution >= 0.6 is 0 Å². The lowest BCUT2D eigenvalue weighted by molar-refractivity contribution is 0.528. The Morgan fingerprint density at radius 2 is 2.00 bits per heavy atom. The van der Waals surface area contributed by atoms with Crippen molar-refractivity contribution in [3.8, 4) is 0 Å². The molecular weight excluding hydrogens is 188 g/mol. The lowest BCUT2D eigenvalue weighted by Crippen LogP contribution is -2.22. The highest BCUT2D eigenvalue weighted by atomic mass is 15.3. The van der Waals surface area contributed by atoms with E-state index in [1.807, 2.05) is 18.5 Å². The molecule has 0 amide bonds. The maximum absolute atomic E-state index is 4.31. The van der Waals surface area contributed by atoms with Gasteiger partial charge in [0, 0.05) is 6.54 Å². The number of aromatic nitrogens is 3. The molecule has 0 spiro atoms. The van der Waals surface area contributed by atoms with E-state index in [1.165, 1.54) is 19.3 Å². The molecule has 4 nitrogen and oxygen atoms in total. The molecule has 86 valence electrons. The zero-order chi connectivity index (χ0) is 11.1. The zero-order valence-electron chi connectivity index (χ0n) is 10.1. The van der Waals surface area contributed by atoms with E-state index in [-0.39, 0.29) is 0 Å². The van der Waals surface area contributed by atoms with Crippen LogP contribution in [-0.4, -0.2) is 27.9 Å². The van der Waals surface area contributed by atoms with E-state index in [9.17, 15) is 0 Å². The van der Waals surface area contributed by atoms with Crippen molar-refractivity contribution in [2.75, 3.05) is 13.1 Å². The number of nitrogens with zero attached hydrogens (tertiary/aromatic N) is 3. The summed E-state index contributed by atoms with van der Waals surface area (Å²) in [6.07, 6.45) is 3.86. The zero-order valence-corrected chi connectivity index (χ0v) is 10.1. The Morgan fingerprint density at radius 1 is 1.20 bits per heavy atom. The molecule has 15 heavy (non-hydrogen) atoms. The van der Waals surface area contributed by atoms with E-state index in [1.54, 1.807) is 0 Å². The van der Waals surface area contributed by atoms with Gasteiger partial charge >= 0.3 is 0 Å². The summed E-state index contributed by atoms with van der Waals surface area (Å²) in [5, 5.41) is 7.73. The van der Waals surface area contributed by atoms with Crippen LogP contribution in [-0.2, 0) is 6.54 Å². The van der Waals surface area contributed by atoms with Crippen molar-refractivity contribution in [1.82, 2.24) is 20.1 Å². The van der Waals surface area contributed by atoms with Crippen LogP contribution in [0.5, 0.6) is 0 Å². The van der Waals surface area contributed by atoms with Crippen molar-refractivity contribution in [2.24, 2.45) is 0 Å². The minimum Gasteiger partial charge on any atom is -0.315 e. The third kappa shape index (κ3) is 4.42. The maximum Gasteiger partial charge on any atom is 0.147 e. The van der Waals surface area contributed by atoms with Gasteiger partial charge in [-0.3, -0.25) is 0 Å². The smallest absolute Gasteiger partial charge is 0.147 e. The summed E-state index contributed by atoms with van der Waals surface area (Å²) in [4.78, 5) is 4.26. The molecule has 0 aliphatic carbocycles. The van der Waals surface area contributed by atoms with Crippen molar-refractivity contribution < 1.29 is 0 Å². The fourth-order valence-corrected chi connectivity index (χ4v) is 1.58. The molecule has 0 unspecified atom stereocenters. The Morgan fingerprint density at radius 3 is 2.60 bits per heavy atom. The molecule has 1 aromatic rings. The lowest BCUT2D eigenvalue weighted by Gasteiger charge is -2.05. The molecule has 1 aromatic heterocycles. The van der Waals surface area contributed by atoms with Crippen molar-refractivity contribution >= 4 is 0 Å². The maximum atomic E-state index is 4.31. The van der Waals surface area contributed by atoms with Crippen LogP contribution in [0, 0.1) is 13.8 Å². The second-order valence-corrected chi connectivity index (χ2v) is 3.89. The van der Waals surface area contributed by atoms with Gasteiger partial charge < -0.3 is 5.32 Å². The summed E-state index contributed by atoms with van der Waals surface area (Å²) in [6.45, 7) is 9.16. The second kappa shape index (κ2) is 6.56. The Kier molecular flexibility index (Phi) is 5.32. The van der Waals surface area contributed by atoms with Gasteiger partial charge in [-0.15, -0.1) is 0 Å². The number of rotatable bonds is 7. The van der Waals surface area contributed by atoms with Crippen molar-refractivity contribution in [2.45, 2.75) is 46.6 Å². The standard InChI is InChI=1S/C11H22N4/c1-4-5-6-7-12-8-9-15-11(3)13-10(2)14-15/h12H,4-9H2,1-3H3. The number of hydrogen-bond donors (Lipinski definition) is 1. The molecule has 0 fully saturated rings. The molecule has 0 saturated carbocycles. The highest BCUT2D eigenvalue weighted by Gasteiger charge is 2.00. The van der Waals surface area contributed by atoms with Gasteiger partial charge in [-0.2, -0.15) is 5.10 Å². The number of nitrogens with one attached hydrogen (secondary N) is 1. The highest BCUT2D eigenvalue weighted by Crippen LogP contribution is 1.95. The molecular formula is C11H22N4. The van der Waals surface area contributed by atoms with Crippen LogP contribution in [0.25, 0.3) is 0 Å². The Balaban J connectivity index is 2.12. The highest BCUT2D eigenvalue weighted by molar-refractivity contribution is 4.87. The fraction of sp³-hybridized carbons (Fsp3) is 0.818. The fourth-order valence-electron chi connectivity index (χ4n) is 1.58. The van der Waals surface area contributed by atoms with Crippen molar-refractivity contribution in [1.29, 1.82) is 0 Å². The van der Waals surface area contributed by atoms with E-state index in [4.69, 9.17) is 0 Å². The first-order valence-electron chi connectivity index (χ1n) is 5.82. The molecule has 4 heteroatoms. The third-order valence-electron chi connectivity index (χ3n) is 2.42. The SMILES string of the molecule is CCCCCNCCn1nc(C)nc1C. The van der Waals surface area contributed by atoms with Gasteiger partial charge in [-0.25, -0.2) is 9.67 Å². The van der Waals surface area contributed by atoms with Gasteiger partial charge in [0.05, 0.1) is 6.54 Å². The Labute approximate surface area is 92.1 Å². The van der Waals surface area contributed by atoms with E-state index >= 15 is 0 Å². The van der Waals surface area contributed by atoms with Gasteiger partial charge in [0.1, 0.15) is 11.6 Å². The average molecular weight is 210 g/mol. The summed E-state index contributed by atoms with van der Waals surface area (Å²) >= 11 is 0.